The van der Waals surface area contributed by atoms with Crippen LogP contribution in [0.3, 0.4) is 0 Å². The predicted octanol–water partition coefficient (Wildman–Crippen LogP) is 11.6. The van der Waals surface area contributed by atoms with Crippen molar-refractivity contribution in [3.8, 4) is 45.0 Å². The van der Waals surface area contributed by atoms with Crippen molar-refractivity contribution < 1.29 is 63.2 Å². The van der Waals surface area contributed by atoms with Gasteiger partial charge in [0.2, 0.25) is 17.6 Å². The van der Waals surface area contributed by atoms with Crippen LogP contribution in [0, 0.1) is 36.3 Å². The van der Waals surface area contributed by atoms with E-state index in [2.05, 4.69) is 108 Å². The summed E-state index contributed by atoms with van der Waals surface area (Å²) in [6.07, 6.45) is 7.05. The molecule has 0 saturated carbocycles. The van der Waals surface area contributed by atoms with Gasteiger partial charge in [-0.05, 0) is 126 Å². The molecule has 1 amide bonds. The number of hydrogen-bond acceptors (Lipinski definition) is 24. The Morgan fingerprint density at radius 1 is 0.495 bits per heavy atom. The molecule has 4 heterocycles. The van der Waals surface area contributed by atoms with Gasteiger partial charge in [-0.2, -0.15) is 10.4 Å². The van der Waals surface area contributed by atoms with Crippen LogP contribution in [0.2, 0.25) is 0 Å². The number of carbonyl (C=O) groups excluding carboxylic acids is 5. The number of amides is 1. The number of nitrogens with one attached hydrogen (secondary N) is 3. The zero-order chi connectivity index (χ0) is 74.3. The molecule has 0 radical (unpaired) electrons. The fraction of sp³-hybridized carbons (Fsp3) is 0.384. The molecule has 0 aliphatic heterocycles. The summed E-state index contributed by atoms with van der Waals surface area (Å²) in [4.78, 5) is 120. The summed E-state index contributed by atoms with van der Waals surface area (Å²) in [6.45, 7) is 5.18. The number of rotatable bonds is 43. The number of hydrogen-bond donors (Lipinski definition) is 3. The number of carbonyl (C=O) groups is 5. The number of aryl methyl sites for hydroxylation is 2. The van der Waals surface area contributed by atoms with Crippen LogP contribution in [0.5, 0.6) is 0 Å². The van der Waals surface area contributed by atoms with Crippen molar-refractivity contribution in [2.24, 2.45) is 5.92 Å². The SMILES string of the molecule is CCCCc1nc2cccc(C(=O)CC(CCC(=O)OCCCCO[N+](=O)[O-])C(=O)OCCCCO[N+](=O)[O-])c2n1Cc1ccc(-c2ccccc2-c2nn[nH]n2)cc1.CCCCc1nc2cccc(C(=O)CCC(=O)NCCCCO[N+](=O)[O-])c2n1Cc1ccc(-c2ccccc2-c2nn[nH]n2)cc1. The molecule has 1 unspecified atom stereocenters. The third-order valence-electron chi connectivity index (χ3n) is 17.1. The number of aromatic amines is 2. The molecule has 32 heteroatoms. The van der Waals surface area contributed by atoms with E-state index in [1.165, 1.54) is 0 Å². The van der Waals surface area contributed by atoms with Crippen LogP contribution in [0.15, 0.2) is 133 Å². The van der Waals surface area contributed by atoms with Crippen LogP contribution in [-0.2, 0) is 64.3 Å². The van der Waals surface area contributed by atoms with E-state index < -0.39 is 33.1 Å². The molecular weight excluding hydrogens is 1360 g/mol. The molecule has 0 fully saturated rings. The molecule has 0 aliphatic rings. The number of fused-ring (bicyclic) bond motifs is 2. The average molecular weight is 1440 g/mol. The standard InChI is InChI=1S/C40H46N8O11.C33H36N8O5/c1-2-3-15-36-41-34-14-10-13-33(38(34)46(36)27-28-16-18-29(19-17-28)31-11-4-5-12-32(31)39-42-44-45-43-39)35(49)26-30(40(51)57-23-7-9-25-59-48(54)55)20-21-37(50)56-22-6-8-24-58-47(52)53;1-2-3-13-30-35-28-12-8-11-27(29(42)18-19-31(43)34-20-6-7-21-46-41(44)45)32(28)40(30)22-23-14-16-24(17-15-23)25-9-4-5-10-26(25)33-36-38-39-37-33/h4-5,10-14,16-19,30H,2-3,6-9,15,20-27H2,1H3,(H,42,43,44,45);4-5,8-12,14-17H,2-3,6-7,13,18-22H2,1H3,(H,34,43)(H,36,37,38,39). The molecule has 550 valence electrons. The summed E-state index contributed by atoms with van der Waals surface area (Å²) in [5.74, 6) is -0.263. The molecule has 0 aliphatic carbocycles. The normalized spacial score (nSPS) is 11.3. The van der Waals surface area contributed by atoms with Gasteiger partial charge in [-0.15, -0.1) is 50.7 Å². The first-order valence-corrected chi connectivity index (χ1v) is 34.9. The quantitative estimate of drug-likeness (QED) is 0.0105. The molecule has 0 spiro atoms. The Labute approximate surface area is 602 Å². The van der Waals surface area contributed by atoms with E-state index in [0.29, 0.717) is 85.5 Å². The summed E-state index contributed by atoms with van der Waals surface area (Å²) in [5.41, 5.74) is 11.4. The lowest BCUT2D eigenvalue weighted by Crippen LogP contribution is -2.25. The highest BCUT2D eigenvalue weighted by Gasteiger charge is 2.28. The van der Waals surface area contributed by atoms with Gasteiger partial charge in [-0.1, -0.05) is 136 Å². The Kier molecular flexibility index (Phi) is 29.2. The number of imidazole rings is 2. The van der Waals surface area contributed by atoms with Gasteiger partial charge in [-0.25, -0.2) is 9.97 Å². The number of Topliss-reactive ketones (excluding diaryl/α,β-unsaturated/α-hetero) is 2. The van der Waals surface area contributed by atoms with Crippen LogP contribution in [0.1, 0.15) is 154 Å². The third-order valence-corrected chi connectivity index (χ3v) is 17.1. The Morgan fingerprint density at radius 2 is 0.943 bits per heavy atom. The van der Waals surface area contributed by atoms with Crippen molar-refractivity contribution in [3.63, 3.8) is 0 Å². The van der Waals surface area contributed by atoms with Crippen LogP contribution in [0.25, 0.3) is 67.1 Å². The number of ether oxygens (including phenoxy) is 2. The lowest BCUT2D eigenvalue weighted by molar-refractivity contribution is -0.757. The molecule has 6 aromatic carbocycles. The third kappa shape index (κ3) is 22.6. The van der Waals surface area contributed by atoms with Gasteiger partial charge in [0, 0.05) is 80.4 Å². The van der Waals surface area contributed by atoms with Crippen molar-refractivity contribution >= 4 is 51.5 Å². The van der Waals surface area contributed by atoms with Gasteiger partial charge in [0.05, 0.1) is 61.0 Å². The minimum Gasteiger partial charge on any atom is -0.466 e. The first-order valence-electron chi connectivity index (χ1n) is 34.9. The van der Waals surface area contributed by atoms with E-state index in [1.807, 2.05) is 91.0 Å². The summed E-state index contributed by atoms with van der Waals surface area (Å²) in [6, 6.07) is 42.9. The topological polar surface area (TPSA) is 418 Å². The fourth-order valence-corrected chi connectivity index (χ4v) is 11.9. The number of benzene rings is 6. The van der Waals surface area contributed by atoms with Crippen LogP contribution < -0.4 is 5.32 Å². The van der Waals surface area contributed by atoms with E-state index in [4.69, 9.17) is 19.4 Å². The minimum absolute atomic E-state index is 0.00278. The first kappa shape index (κ1) is 76.9. The smallest absolute Gasteiger partial charge is 0.309 e. The Hall–Kier alpha value is -12.3. The Morgan fingerprint density at radius 3 is 1.40 bits per heavy atom. The molecule has 105 heavy (non-hydrogen) atoms. The lowest BCUT2D eigenvalue weighted by atomic mass is 9.93. The average Bonchev–Trinajstić information content (AvgIpc) is 1.65. The lowest BCUT2D eigenvalue weighted by Gasteiger charge is -2.17. The van der Waals surface area contributed by atoms with Gasteiger partial charge in [0.1, 0.15) is 11.6 Å². The van der Waals surface area contributed by atoms with Crippen molar-refractivity contribution in [2.45, 2.75) is 136 Å². The van der Waals surface area contributed by atoms with Gasteiger partial charge in [0.25, 0.3) is 15.3 Å². The maximum Gasteiger partial charge on any atom is 0.309 e. The largest absolute Gasteiger partial charge is 0.466 e. The number of ketones is 2. The van der Waals surface area contributed by atoms with Crippen molar-refractivity contribution in [3.05, 3.63) is 198 Å². The highest BCUT2D eigenvalue weighted by molar-refractivity contribution is 6.08. The molecule has 3 N–H and O–H groups in total. The van der Waals surface area contributed by atoms with Gasteiger partial charge >= 0.3 is 11.9 Å². The maximum absolute atomic E-state index is 14.3. The number of tetrazole rings is 2. The number of esters is 2. The molecule has 10 aromatic rings. The molecule has 0 saturated heterocycles. The van der Waals surface area contributed by atoms with Crippen LogP contribution in [0.4, 0.5) is 0 Å². The van der Waals surface area contributed by atoms with E-state index in [9.17, 15) is 54.3 Å². The predicted molar refractivity (Wildman–Crippen MR) is 382 cm³/mol. The number of aromatic nitrogens is 12. The molecule has 10 rings (SSSR count). The van der Waals surface area contributed by atoms with E-state index >= 15 is 0 Å². The molecule has 0 bridgehead atoms. The van der Waals surface area contributed by atoms with E-state index in [1.54, 1.807) is 18.2 Å². The molecule has 4 aromatic heterocycles. The summed E-state index contributed by atoms with van der Waals surface area (Å²) in [7, 11) is 0. The van der Waals surface area contributed by atoms with Gasteiger partial charge < -0.3 is 38.4 Å². The van der Waals surface area contributed by atoms with Crippen LogP contribution in [-0.4, -0.2) is 145 Å². The molecular formula is C73H82N16O16. The fourth-order valence-electron chi connectivity index (χ4n) is 11.9. The van der Waals surface area contributed by atoms with Crippen molar-refractivity contribution in [2.75, 3.05) is 39.6 Å². The van der Waals surface area contributed by atoms with Gasteiger partial charge in [0.15, 0.2) is 11.6 Å². The highest BCUT2D eigenvalue weighted by Crippen LogP contribution is 2.34. The highest BCUT2D eigenvalue weighted by atomic mass is 17.0. The zero-order valence-electron chi connectivity index (χ0n) is 58.3. The number of nitrogens with zero attached hydrogens (tertiary/aromatic N) is 13. The second-order valence-electron chi connectivity index (χ2n) is 24.6. The Bertz CT molecular complexity index is 4530. The van der Waals surface area contributed by atoms with Crippen molar-refractivity contribution in [1.82, 2.24) is 65.7 Å². The van der Waals surface area contributed by atoms with E-state index in [-0.39, 0.29) is 95.5 Å². The molecule has 32 nitrogen and oxygen atoms in total. The number of unbranched alkanes of at least 4 members (excludes halogenated alkanes) is 5. The van der Waals surface area contributed by atoms with E-state index in [0.717, 1.165) is 99.3 Å². The minimum atomic E-state index is -1.01. The number of para-hydroxylation sites is 2. The van der Waals surface area contributed by atoms with Crippen LogP contribution >= 0.6 is 0 Å². The summed E-state index contributed by atoms with van der Waals surface area (Å²) in [5, 5.41) is 60.1. The Balaban J connectivity index is 0.000000251. The summed E-state index contributed by atoms with van der Waals surface area (Å²) >= 11 is 0. The number of H-pyrrole nitrogens is 2. The zero-order valence-corrected chi connectivity index (χ0v) is 58.3. The second-order valence-corrected chi connectivity index (χ2v) is 24.6. The van der Waals surface area contributed by atoms with Gasteiger partial charge in [-0.3, -0.25) is 24.0 Å². The first-order chi connectivity index (χ1) is 51.1. The second kappa shape index (κ2) is 39.8. The molecule has 1 atom stereocenters. The van der Waals surface area contributed by atoms with Crippen molar-refractivity contribution in [1.29, 1.82) is 0 Å². The summed E-state index contributed by atoms with van der Waals surface area (Å²) < 4.78 is 14.9. The maximum atomic E-state index is 14.3. The monoisotopic (exact) mass is 1440 g/mol.